The molecule has 1 aliphatic heterocycles. The fourth-order valence-corrected chi connectivity index (χ4v) is 5.54. The normalized spacial score (nSPS) is 25.7. The summed E-state index contributed by atoms with van der Waals surface area (Å²) in [6, 6.07) is 6.27. The Hall–Kier alpha value is -2.36. The highest BCUT2D eigenvalue weighted by atomic mass is 32.2. The lowest BCUT2D eigenvalue weighted by atomic mass is 10.1. The lowest BCUT2D eigenvalue weighted by Gasteiger charge is -2.14. The van der Waals surface area contributed by atoms with Crippen LogP contribution < -0.4 is 5.32 Å². The molecule has 1 amide bonds. The van der Waals surface area contributed by atoms with Gasteiger partial charge in [0, 0.05) is 12.0 Å². The molecule has 29 heavy (non-hydrogen) atoms. The van der Waals surface area contributed by atoms with Crippen molar-refractivity contribution in [2.24, 2.45) is 5.92 Å². The van der Waals surface area contributed by atoms with Crippen LogP contribution in [-0.2, 0) is 20.8 Å². The lowest BCUT2D eigenvalue weighted by Crippen LogP contribution is -2.21. The number of anilines is 1. The van der Waals surface area contributed by atoms with E-state index < -0.39 is 21.6 Å². The Labute approximate surface area is 166 Å². The van der Waals surface area contributed by atoms with Crippen molar-refractivity contribution in [2.75, 3.05) is 16.8 Å². The van der Waals surface area contributed by atoms with Crippen LogP contribution in [0.1, 0.15) is 41.6 Å². The van der Waals surface area contributed by atoms with Gasteiger partial charge in [0.15, 0.2) is 9.84 Å². The van der Waals surface area contributed by atoms with Crippen LogP contribution in [0.4, 0.5) is 19.0 Å². The highest BCUT2D eigenvalue weighted by molar-refractivity contribution is 7.91. The number of hydrogen-bond acceptors (Lipinski definition) is 4. The van der Waals surface area contributed by atoms with Crippen LogP contribution in [0.2, 0.25) is 0 Å². The molecule has 2 aliphatic rings. The van der Waals surface area contributed by atoms with Gasteiger partial charge in [-0.15, -0.1) is 0 Å². The predicted molar refractivity (Wildman–Crippen MR) is 100 cm³/mol. The smallest absolute Gasteiger partial charge is 0.311 e. The number of aryl methyl sites for hydroxylation is 1. The second-order valence-corrected chi connectivity index (χ2v) is 9.96. The topological polar surface area (TPSA) is 81.1 Å². The lowest BCUT2D eigenvalue weighted by molar-refractivity contribution is -0.137. The van der Waals surface area contributed by atoms with Crippen LogP contribution in [0.5, 0.6) is 0 Å². The zero-order chi connectivity index (χ0) is 21.0. The molecule has 1 saturated carbocycles. The van der Waals surface area contributed by atoms with E-state index in [0.29, 0.717) is 29.9 Å². The number of benzene rings is 1. The third-order valence-electron chi connectivity index (χ3n) is 5.46. The first-order valence-electron chi connectivity index (χ1n) is 9.28. The number of halogens is 3. The van der Waals surface area contributed by atoms with Crippen molar-refractivity contribution in [3.05, 3.63) is 47.2 Å². The second-order valence-electron chi connectivity index (χ2n) is 7.73. The highest BCUT2D eigenvalue weighted by Crippen LogP contribution is 2.48. The first-order valence-corrected chi connectivity index (χ1v) is 11.1. The van der Waals surface area contributed by atoms with E-state index in [2.05, 4.69) is 10.4 Å². The fourth-order valence-electron chi connectivity index (χ4n) is 3.85. The molecule has 3 atom stereocenters. The zero-order valence-corrected chi connectivity index (χ0v) is 16.4. The van der Waals surface area contributed by atoms with Crippen molar-refractivity contribution in [3.63, 3.8) is 0 Å². The van der Waals surface area contributed by atoms with Crippen LogP contribution in [0.15, 0.2) is 30.3 Å². The van der Waals surface area contributed by atoms with Crippen molar-refractivity contribution in [2.45, 2.75) is 37.9 Å². The Bertz CT molecular complexity index is 1040. The van der Waals surface area contributed by atoms with E-state index in [1.807, 2.05) is 0 Å². The predicted octanol–water partition coefficient (Wildman–Crippen LogP) is 3.31. The average molecular weight is 427 g/mol. The van der Waals surface area contributed by atoms with E-state index in [-0.39, 0.29) is 35.3 Å². The molecular weight excluding hydrogens is 407 g/mol. The van der Waals surface area contributed by atoms with Crippen LogP contribution in [0, 0.1) is 12.8 Å². The minimum absolute atomic E-state index is 0.00536. The minimum atomic E-state index is -4.39. The molecule has 0 spiro atoms. The van der Waals surface area contributed by atoms with Crippen LogP contribution in [0.3, 0.4) is 0 Å². The molecule has 1 aliphatic carbocycles. The summed E-state index contributed by atoms with van der Waals surface area (Å²) >= 11 is 0. The number of aromatic nitrogens is 2. The summed E-state index contributed by atoms with van der Waals surface area (Å²) in [5, 5.41) is 7.15. The van der Waals surface area contributed by atoms with Gasteiger partial charge in [0.25, 0.3) is 0 Å². The Morgan fingerprint density at radius 2 is 1.93 bits per heavy atom. The van der Waals surface area contributed by atoms with Gasteiger partial charge in [0.2, 0.25) is 5.91 Å². The summed E-state index contributed by atoms with van der Waals surface area (Å²) in [5.74, 6) is -0.147. The maximum absolute atomic E-state index is 12.7. The Morgan fingerprint density at radius 1 is 1.24 bits per heavy atom. The third kappa shape index (κ3) is 4.17. The van der Waals surface area contributed by atoms with Crippen molar-refractivity contribution < 1.29 is 26.4 Å². The molecule has 1 saturated heterocycles. The van der Waals surface area contributed by atoms with Crippen LogP contribution in [0.25, 0.3) is 0 Å². The number of rotatable bonds is 4. The van der Waals surface area contributed by atoms with E-state index >= 15 is 0 Å². The summed E-state index contributed by atoms with van der Waals surface area (Å²) in [6.07, 6.45) is -3.38. The van der Waals surface area contributed by atoms with E-state index in [1.54, 1.807) is 17.7 Å². The molecule has 4 rings (SSSR count). The van der Waals surface area contributed by atoms with Gasteiger partial charge >= 0.3 is 6.18 Å². The molecule has 1 aromatic heterocycles. The Kier molecular flexibility index (Phi) is 4.71. The standard InChI is InChI=1S/C19H20F3N3O3S/c1-11-8-17(25(24-11)14-6-7-29(27,28)10-14)23-18(26)16-9-15(16)12-2-4-13(5-3-12)19(20,21)22/h2-5,8,14-16H,6-7,9-10H2,1H3,(H,23,26)/t14-,15+,16+/m0/s1. The van der Waals surface area contributed by atoms with Gasteiger partial charge in [-0.2, -0.15) is 18.3 Å². The SMILES string of the molecule is Cc1cc(NC(=O)[C@@H]2C[C@@H]2c2ccc(C(F)(F)F)cc2)n([C@H]2CCS(=O)(=O)C2)n1. The number of hydrogen-bond donors (Lipinski definition) is 1. The summed E-state index contributed by atoms with van der Waals surface area (Å²) in [7, 11) is -3.10. The maximum atomic E-state index is 12.7. The summed E-state index contributed by atoms with van der Waals surface area (Å²) in [4.78, 5) is 12.6. The number of carbonyl (C=O) groups excluding carboxylic acids is 1. The van der Waals surface area contributed by atoms with Crippen molar-refractivity contribution >= 4 is 21.6 Å². The summed E-state index contributed by atoms with van der Waals surface area (Å²) in [6.45, 7) is 1.76. The molecule has 2 fully saturated rings. The number of sulfone groups is 1. The van der Waals surface area contributed by atoms with Crippen LogP contribution in [-0.4, -0.2) is 35.6 Å². The molecular formula is C19H20F3N3O3S. The van der Waals surface area contributed by atoms with E-state index in [0.717, 1.165) is 12.1 Å². The van der Waals surface area contributed by atoms with E-state index in [9.17, 15) is 26.4 Å². The molecule has 0 bridgehead atoms. The summed E-state index contributed by atoms with van der Waals surface area (Å²) < 4.78 is 63.2. The van der Waals surface area contributed by atoms with Gasteiger partial charge < -0.3 is 5.32 Å². The number of carbonyl (C=O) groups is 1. The van der Waals surface area contributed by atoms with Gasteiger partial charge in [0.05, 0.1) is 28.8 Å². The largest absolute Gasteiger partial charge is 0.416 e. The number of amides is 1. The number of nitrogens with one attached hydrogen (secondary N) is 1. The third-order valence-corrected chi connectivity index (χ3v) is 7.21. The van der Waals surface area contributed by atoms with Gasteiger partial charge in [-0.05, 0) is 43.4 Å². The first-order chi connectivity index (χ1) is 13.5. The monoisotopic (exact) mass is 427 g/mol. The number of nitrogens with zero attached hydrogens (tertiary/aromatic N) is 2. The van der Waals surface area contributed by atoms with Crippen molar-refractivity contribution in [1.29, 1.82) is 0 Å². The molecule has 0 unspecified atom stereocenters. The molecule has 0 radical (unpaired) electrons. The van der Waals surface area contributed by atoms with Crippen LogP contribution >= 0.6 is 0 Å². The molecule has 6 nitrogen and oxygen atoms in total. The molecule has 1 N–H and O–H groups in total. The van der Waals surface area contributed by atoms with E-state index in [1.165, 1.54) is 12.1 Å². The zero-order valence-electron chi connectivity index (χ0n) is 15.6. The molecule has 2 aromatic rings. The van der Waals surface area contributed by atoms with Crippen molar-refractivity contribution in [3.8, 4) is 0 Å². The van der Waals surface area contributed by atoms with Gasteiger partial charge in [-0.3, -0.25) is 4.79 Å². The maximum Gasteiger partial charge on any atom is 0.416 e. The summed E-state index contributed by atoms with van der Waals surface area (Å²) in [5.41, 5.74) is 0.651. The molecule has 156 valence electrons. The van der Waals surface area contributed by atoms with Crippen molar-refractivity contribution in [1.82, 2.24) is 9.78 Å². The Balaban J connectivity index is 1.44. The molecule has 1 aromatic carbocycles. The van der Waals surface area contributed by atoms with E-state index in [4.69, 9.17) is 0 Å². The molecule has 10 heteroatoms. The number of alkyl halides is 3. The van der Waals surface area contributed by atoms with Gasteiger partial charge in [0.1, 0.15) is 5.82 Å². The average Bonchev–Trinajstić information content (AvgIpc) is 3.24. The molecule has 2 heterocycles. The quantitative estimate of drug-likeness (QED) is 0.812. The highest BCUT2D eigenvalue weighted by Gasteiger charge is 2.44. The Morgan fingerprint density at radius 3 is 2.52 bits per heavy atom. The first kappa shape index (κ1) is 19.9. The van der Waals surface area contributed by atoms with Gasteiger partial charge in [-0.1, -0.05) is 12.1 Å². The fraction of sp³-hybridized carbons (Fsp3) is 0.474. The van der Waals surface area contributed by atoms with Gasteiger partial charge in [-0.25, -0.2) is 13.1 Å². The minimum Gasteiger partial charge on any atom is -0.311 e. The second kappa shape index (κ2) is 6.86.